The highest BCUT2D eigenvalue weighted by Crippen LogP contribution is 2.35. The van der Waals surface area contributed by atoms with E-state index in [2.05, 4.69) is 4.74 Å². The third kappa shape index (κ3) is 3.54. The van der Waals surface area contributed by atoms with Gasteiger partial charge in [0.05, 0.1) is 25.7 Å². The topological polar surface area (TPSA) is 61.8 Å². The zero-order chi connectivity index (χ0) is 15.4. The van der Waals surface area contributed by atoms with E-state index < -0.39 is 5.97 Å². The van der Waals surface area contributed by atoms with Gasteiger partial charge in [-0.1, -0.05) is 0 Å². The van der Waals surface area contributed by atoms with E-state index in [4.69, 9.17) is 9.47 Å². The van der Waals surface area contributed by atoms with E-state index in [9.17, 15) is 9.59 Å². The summed E-state index contributed by atoms with van der Waals surface area (Å²) in [5, 5.41) is 0. The van der Waals surface area contributed by atoms with Gasteiger partial charge in [0.25, 0.3) is 0 Å². The van der Waals surface area contributed by atoms with Crippen molar-refractivity contribution in [1.29, 1.82) is 0 Å². The van der Waals surface area contributed by atoms with E-state index in [1.165, 1.54) is 7.11 Å². The van der Waals surface area contributed by atoms with Gasteiger partial charge in [0.15, 0.2) is 5.78 Å². The molecule has 2 rings (SSSR count). The Balaban J connectivity index is 2.22. The maximum Gasteiger partial charge on any atom is 0.305 e. The van der Waals surface area contributed by atoms with Crippen LogP contribution in [-0.4, -0.2) is 31.6 Å². The van der Waals surface area contributed by atoms with Crippen molar-refractivity contribution < 1.29 is 23.8 Å². The summed E-state index contributed by atoms with van der Waals surface area (Å²) in [6, 6.07) is 3.59. The summed E-state index contributed by atoms with van der Waals surface area (Å²) in [4.78, 5) is 23.5. The molecule has 1 heterocycles. The fourth-order valence-electron chi connectivity index (χ4n) is 2.38. The lowest BCUT2D eigenvalue weighted by Crippen LogP contribution is -2.08. The van der Waals surface area contributed by atoms with Crippen LogP contribution in [-0.2, 0) is 16.0 Å². The minimum absolute atomic E-state index is 0.0647. The van der Waals surface area contributed by atoms with Crippen LogP contribution in [0.4, 0.5) is 0 Å². The molecule has 21 heavy (non-hydrogen) atoms. The van der Waals surface area contributed by atoms with Crippen LogP contribution in [0.3, 0.4) is 0 Å². The Hall–Kier alpha value is -2.04. The average Bonchev–Trinajstić information content (AvgIpc) is 2.82. The van der Waals surface area contributed by atoms with Gasteiger partial charge in [-0.25, -0.2) is 0 Å². The first kappa shape index (κ1) is 15.4. The predicted octanol–water partition coefficient (Wildman–Crippen LogP) is 2.54. The first-order valence-electron chi connectivity index (χ1n) is 7.11. The number of benzene rings is 1. The second kappa shape index (κ2) is 6.61. The summed E-state index contributed by atoms with van der Waals surface area (Å²) in [6.45, 7) is 4.33. The summed E-state index contributed by atoms with van der Waals surface area (Å²) in [5.74, 6) is 0.748. The minimum atomic E-state index is -0.396. The molecule has 1 aromatic carbocycles. The number of carbonyl (C=O) groups is 2. The van der Waals surface area contributed by atoms with Gasteiger partial charge in [-0.3, -0.25) is 9.59 Å². The van der Waals surface area contributed by atoms with Gasteiger partial charge in [-0.05, 0) is 26.0 Å². The molecule has 1 unspecified atom stereocenters. The van der Waals surface area contributed by atoms with Crippen LogP contribution in [0.5, 0.6) is 11.5 Å². The predicted molar refractivity (Wildman–Crippen MR) is 77.0 cm³/mol. The lowest BCUT2D eigenvalue weighted by Gasteiger charge is -2.11. The first-order valence-corrected chi connectivity index (χ1v) is 7.11. The molecule has 0 aromatic heterocycles. The molecule has 0 fully saturated rings. The number of ether oxygens (including phenoxy) is 3. The van der Waals surface area contributed by atoms with Crippen LogP contribution in [0.2, 0.25) is 0 Å². The number of hydrogen-bond donors (Lipinski definition) is 0. The zero-order valence-electron chi connectivity index (χ0n) is 12.6. The number of esters is 1. The van der Waals surface area contributed by atoms with Crippen molar-refractivity contribution in [1.82, 2.24) is 0 Å². The van der Waals surface area contributed by atoms with Crippen molar-refractivity contribution in [2.45, 2.75) is 39.2 Å². The smallest absolute Gasteiger partial charge is 0.305 e. The fraction of sp³-hybridized carbons (Fsp3) is 0.500. The number of methoxy groups -OCH3 is 1. The summed E-state index contributed by atoms with van der Waals surface area (Å²) < 4.78 is 15.8. The van der Waals surface area contributed by atoms with Gasteiger partial charge in [0.2, 0.25) is 0 Å². The van der Waals surface area contributed by atoms with Crippen molar-refractivity contribution in [2.24, 2.45) is 0 Å². The molecule has 5 heteroatoms. The molecule has 0 spiro atoms. The molecule has 114 valence electrons. The number of ketones is 1. The van der Waals surface area contributed by atoms with Crippen molar-refractivity contribution in [3.05, 3.63) is 23.3 Å². The second-order valence-electron chi connectivity index (χ2n) is 5.02. The third-order valence-corrected chi connectivity index (χ3v) is 3.38. The lowest BCUT2D eigenvalue weighted by atomic mass is 10.0. The molecule has 0 radical (unpaired) electrons. The van der Waals surface area contributed by atoms with Gasteiger partial charge >= 0.3 is 5.97 Å². The molecular weight excluding hydrogens is 272 g/mol. The highest BCUT2D eigenvalue weighted by atomic mass is 16.5. The molecule has 5 nitrogen and oxygen atoms in total. The van der Waals surface area contributed by atoms with E-state index in [1.54, 1.807) is 6.07 Å². The lowest BCUT2D eigenvalue weighted by molar-refractivity contribution is -0.140. The summed E-state index contributed by atoms with van der Waals surface area (Å²) in [5.41, 5.74) is 1.52. The van der Waals surface area contributed by atoms with Crippen LogP contribution in [0.1, 0.15) is 42.6 Å². The molecule has 0 N–H and O–H groups in total. The Morgan fingerprint density at radius 1 is 1.33 bits per heavy atom. The first-order chi connectivity index (χ1) is 10.0. The van der Waals surface area contributed by atoms with Crippen LogP contribution >= 0.6 is 0 Å². The van der Waals surface area contributed by atoms with Gasteiger partial charge in [0.1, 0.15) is 17.6 Å². The number of rotatable bonds is 6. The molecule has 0 saturated carbocycles. The molecular formula is C16H20O5. The highest BCUT2D eigenvalue weighted by Gasteiger charge is 2.24. The van der Waals surface area contributed by atoms with Gasteiger partial charge < -0.3 is 14.2 Å². The van der Waals surface area contributed by atoms with Crippen molar-refractivity contribution in [2.75, 3.05) is 13.7 Å². The molecule has 0 amide bonds. The summed E-state index contributed by atoms with van der Waals surface area (Å²) in [6.07, 6.45) is 1.08. The standard InChI is InChI=1S/C16H20O5/c1-4-20-15-8-11-7-10(2)21-14(11)9-12(15)13(17)5-6-16(18)19-3/h8-10H,4-7H2,1-3H3. The molecule has 1 aliphatic heterocycles. The van der Waals surface area contributed by atoms with Crippen molar-refractivity contribution >= 4 is 11.8 Å². The number of hydrogen-bond acceptors (Lipinski definition) is 5. The minimum Gasteiger partial charge on any atom is -0.493 e. The Morgan fingerprint density at radius 2 is 2.10 bits per heavy atom. The Kier molecular flexibility index (Phi) is 4.83. The maximum atomic E-state index is 12.3. The monoisotopic (exact) mass is 292 g/mol. The third-order valence-electron chi connectivity index (χ3n) is 3.38. The summed E-state index contributed by atoms with van der Waals surface area (Å²) >= 11 is 0. The van der Waals surface area contributed by atoms with E-state index in [-0.39, 0.29) is 24.7 Å². The largest absolute Gasteiger partial charge is 0.493 e. The molecule has 0 saturated heterocycles. The SMILES string of the molecule is CCOc1cc2c(cc1C(=O)CCC(=O)OC)OC(C)C2. The molecule has 0 aliphatic carbocycles. The Labute approximate surface area is 124 Å². The molecule has 1 atom stereocenters. The Bertz CT molecular complexity index is 550. The number of fused-ring (bicyclic) bond motifs is 1. The fourth-order valence-corrected chi connectivity index (χ4v) is 2.38. The summed E-state index contributed by atoms with van der Waals surface area (Å²) in [7, 11) is 1.31. The van der Waals surface area contributed by atoms with E-state index in [0.29, 0.717) is 17.9 Å². The number of Topliss-reactive ketones (excluding diaryl/α,β-unsaturated/α-hetero) is 1. The average molecular weight is 292 g/mol. The second-order valence-corrected chi connectivity index (χ2v) is 5.02. The Morgan fingerprint density at radius 3 is 2.76 bits per heavy atom. The maximum absolute atomic E-state index is 12.3. The quantitative estimate of drug-likeness (QED) is 0.595. The molecule has 1 aliphatic rings. The van der Waals surface area contributed by atoms with Crippen LogP contribution < -0.4 is 9.47 Å². The molecule has 1 aromatic rings. The van der Waals surface area contributed by atoms with Crippen LogP contribution in [0.25, 0.3) is 0 Å². The van der Waals surface area contributed by atoms with E-state index in [1.807, 2.05) is 19.9 Å². The van der Waals surface area contributed by atoms with Crippen molar-refractivity contribution in [3.8, 4) is 11.5 Å². The van der Waals surface area contributed by atoms with Gasteiger partial charge in [-0.2, -0.15) is 0 Å². The van der Waals surface area contributed by atoms with E-state index in [0.717, 1.165) is 17.7 Å². The van der Waals surface area contributed by atoms with Gasteiger partial charge in [0, 0.05) is 18.4 Å². The highest BCUT2D eigenvalue weighted by molar-refractivity contribution is 6.00. The van der Waals surface area contributed by atoms with E-state index >= 15 is 0 Å². The zero-order valence-corrected chi connectivity index (χ0v) is 12.6. The number of carbonyl (C=O) groups excluding carboxylic acids is 2. The van der Waals surface area contributed by atoms with Crippen LogP contribution in [0.15, 0.2) is 12.1 Å². The van der Waals surface area contributed by atoms with Gasteiger partial charge in [-0.15, -0.1) is 0 Å². The molecule has 0 bridgehead atoms. The normalized spacial score (nSPS) is 16.0. The van der Waals surface area contributed by atoms with Crippen LogP contribution in [0, 0.1) is 0 Å². The van der Waals surface area contributed by atoms with Crippen molar-refractivity contribution in [3.63, 3.8) is 0 Å².